The Morgan fingerprint density at radius 1 is 1.11 bits per heavy atom. The van der Waals surface area contributed by atoms with Crippen LogP contribution in [0.1, 0.15) is 16.8 Å². The van der Waals surface area contributed by atoms with Crippen molar-refractivity contribution in [1.29, 1.82) is 0 Å². The SMILES string of the molecule is COc1cc(C(F)(F)F)cc2c1nncc(C)nc(-c1ccncc1C)n2C. The first-order valence-corrected chi connectivity index (χ1v) is 8.32. The molecule has 0 aliphatic heterocycles. The predicted molar refractivity (Wildman–Crippen MR) is 98.2 cm³/mol. The van der Waals surface area contributed by atoms with Crippen molar-refractivity contribution in [2.75, 3.05) is 7.11 Å². The number of nitrogens with zero attached hydrogens (tertiary/aromatic N) is 5. The minimum atomic E-state index is -4.54. The molecule has 28 heavy (non-hydrogen) atoms. The third-order valence-corrected chi connectivity index (χ3v) is 4.23. The number of aryl methyl sites for hydroxylation is 3. The van der Waals surface area contributed by atoms with Crippen molar-refractivity contribution in [2.24, 2.45) is 7.05 Å². The summed E-state index contributed by atoms with van der Waals surface area (Å²) in [4.78, 5) is 8.62. The highest BCUT2D eigenvalue weighted by Crippen LogP contribution is 2.35. The zero-order valence-corrected chi connectivity index (χ0v) is 15.7. The lowest BCUT2D eigenvalue weighted by atomic mass is 10.1. The van der Waals surface area contributed by atoms with Crippen LogP contribution in [0.4, 0.5) is 13.2 Å². The highest BCUT2D eigenvalue weighted by Gasteiger charge is 2.32. The summed E-state index contributed by atoms with van der Waals surface area (Å²) in [6, 6.07) is 3.69. The number of pyridine rings is 1. The van der Waals surface area contributed by atoms with Crippen molar-refractivity contribution in [2.45, 2.75) is 20.0 Å². The van der Waals surface area contributed by atoms with E-state index < -0.39 is 11.7 Å². The summed E-state index contributed by atoms with van der Waals surface area (Å²) in [6.45, 7) is 3.59. The van der Waals surface area contributed by atoms with Crippen molar-refractivity contribution in [1.82, 2.24) is 24.7 Å². The van der Waals surface area contributed by atoms with Crippen molar-refractivity contribution in [3.63, 3.8) is 0 Å². The molecule has 2 aromatic heterocycles. The molecule has 6 nitrogen and oxygen atoms in total. The lowest BCUT2D eigenvalue weighted by Crippen LogP contribution is -2.08. The summed E-state index contributed by atoms with van der Waals surface area (Å²) < 4.78 is 47.0. The minimum absolute atomic E-state index is 0.0285. The third-order valence-electron chi connectivity index (χ3n) is 4.23. The molecule has 0 aliphatic carbocycles. The Kier molecular flexibility index (Phi) is 5.17. The van der Waals surface area contributed by atoms with Crippen molar-refractivity contribution >= 4 is 11.0 Å². The Morgan fingerprint density at radius 3 is 2.50 bits per heavy atom. The van der Waals surface area contributed by atoms with Gasteiger partial charge in [-0.3, -0.25) is 4.98 Å². The summed E-state index contributed by atoms with van der Waals surface area (Å²) >= 11 is 0. The molecular weight excluding hydrogens is 371 g/mol. The van der Waals surface area contributed by atoms with Crippen molar-refractivity contribution in [3.05, 3.63) is 53.6 Å². The van der Waals surface area contributed by atoms with Crippen LogP contribution >= 0.6 is 0 Å². The zero-order chi connectivity index (χ0) is 20.5. The Balaban J connectivity index is 2.55. The van der Waals surface area contributed by atoms with Gasteiger partial charge < -0.3 is 9.30 Å². The molecule has 0 saturated heterocycles. The highest BCUT2D eigenvalue weighted by atomic mass is 19.4. The van der Waals surface area contributed by atoms with Crippen LogP contribution in [0.15, 0.2) is 36.8 Å². The van der Waals surface area contributed by atoms with Gasteiger partial charge in [-0.05, 0) is 37.6 Å². The van der Waals surface area contributed by atoms with Gasteiger partial charge in [0.25, 0.3) is 0 Å². The zero-order valence-electron chi connectivity index (χ0n) is 15.7. The molecule has 3 rings (SSSR count). The number of methoxy groups -OCH3 is 1. The molecule has 1 aromatic carbocycles. The molecule has 0 N–H and O–H groups in total. The molecule has 0 atom stereocenters. The number of ether oxygens (including phenoxy) is 1. The van der Waals surface area contributed by atoms with E-state index in [-0.39, 0.29) is 16.8 Å². The topological polar surface area (TPSA) is 65.7 Å². The minimum Gasteiger partial charge on any atom is -0.494 e. The van der Waals surface area contributed by atoms with Crippen LogP contribution in [0.25, 0.3) is 22.4 Å². The van der Waals surface area contributed by atoms with E-state index in [1.54, 1.807) is 37.0 Å². The average molecular weight is 389 g/mol. The van der Waals surface area contributed by atoms with E-state index in [1.807, 2.05) is 6.92 Å². The first-order valence-electron chi connectivity index (χ1n) is 8.32. The molecule has 2 heterocycles. The van der Waals surface area contributed by atoms with Crippen LogP contribution in [0.5, 0.6) is 5.75 Å². The second-order valence-corrected chi connectivity index (χ2v) is 6.21. The number of benzene rings is 1. The van der Waals surface area contributed by atoms with Crippen LogP contribution in [0.2, 0.25) is 0 Å². The number of hydrogen-bond acceptors (Lipinski definition) is 5. The molecule has 0 fully saturated rings. The second kappa shape index (κ2) is 7.41. The smallest absolute Gasteiger partial charge is 0.416 e. The van der Waals surface area contributed by atoms with Gasteiger partial charge in [-0.15, -0.1) is 5.10 Å². The molecule has 3 aromatic rings. The van der Waals surface area contributed by atoms with Gasteiger partial charge in [-0.2, -0.15) is 18.3 Å². The van der Waals surface area contributed by atoms with E-state index in [1.165, 1.54) is 13.3 Å². The Labute approximate surface area is 159 Å². The summed E-state index contributed by atoms with van der Waals surface area (Å²) in [6.07, 6.45) is 0.167. The van der Waals surface area contributed by atoms with E-state index in [0.29, 0.717) is 11.5 Å². The number of halogens is 3. The van der Waals surface area contributed by atoms with Crippen LogP contribution in [-0.2, 0) is 13.2 Å². The van der Waals surface area contributed by atoms with Gasteiger partial charge in [0.2, 0.25) is 0 Å². The summed E-state index contributed by atoms with van der Waals surface area (Å²) in [5.74, 6) is 0.419. The average Bonchev–Trinajstić information content (AvgIpc) is 2.70. The monoisotopic (exact) mass is 389 g/mol. The van der Waals surface area contributed by atoms with E-state index >= 15 is 0 Å². The molecule has 0 spiro atoms. The van der Waals surface area contributed by atoms with Crippen LogP contribution in [-0.4, -0.2) is 31.8 Å². The quantitative estimate of drug-likeness (QED) is 0.657. The fraction of sp³-hybridized carbons (Fsp3) is 0.263. The maximum absolute atomic E-state index is 13.4. The number of alkyl halides is 3. The summed E-state index contributed by atoms with van der Waals surface area (Å²) in [7, 11) is 2.92. The van der Waals surface area contributed by atoms with Gasteiger partial charge in [-0.1, -0.05) is 0 Å². The van der Waals surface area contributed by atoms with Crippen molar-refractivity contribution in [3.8, 4) is 17.1 Å². The van der Waals surface area contributed by atoms with E-state index in [2.05, 4.69) is 20.2 Å². The number of fused-ring (bicyclic) bond motifs is 1. The first-order chi connectivity index (χ1) is 13.2. The van der Waals surface area contributed by atoms with Crippen molar-refractivity contribution < 1.29 is 17.9 Å². The molecule has 0 amide bonds. The maximum Gasteiger partial charge on any atom is 0.416 e. The predicted octanol–water partition coefficient (Wildman–Crippen LogP) is 4.19. The Morgan fingerprint density at radius 2 is 1.86 bits per heavy atom. The molecule has 0 radical (unpaired) electrons. The summed E-state index contributed by atoms with van der Waals surface area (Å²) in [5.41, 5.74) is 1.62. The molecule has 0 saturated carbocycles. The maximum atomic E-state index is 13.4. The van der Waals surface area contributed by atoms with Crippen LogP contribution in [0.3, 0.4) is 0 Å². The highest BCUT2D eigenvalue weighted by molar-refractivity contribution is 5.83. The molecule has 0 bridgehead atoms. The van der Waals surface area contributed by atoms with Gasteiger partial charge in [0.15, 0.2) is 5.52 Å². The lowest BCUT2D eigenvalue weighted by Gasteiger charge is -2.14. The van der Waals surface area contributed by atoms with E-state index in [9.17, 15) is 13.2 Å². The lowest BCUT2D eigenvalue weighted by molar-refractivity contribution is -0.137. The van der Waals surface area contributed by atoms with E-state index in [4.69, 9.17) is 4.74 Å². The fourth-order valence-corrected chi connectivity index (χ4v) is 2.79. The second-order valence-electron chi connectivity index (χ2n) is 6.21. The third kappa shape index (κ3) is 3.73. The normalized spacial score (nSPS) is 11.4. The van der Waals surface area contributed by atoms with E-state index in [0.717, 1.165) is 23.3 Å². The van der Waals surface area contributed by atoms with Gasteiger partial charge in [-0.25, -0.2) is 4.98 Å². The first kappa shape index (κ1) is 19.5. The van der Waals surface area contributed by atoms with Gasteiger partial charge in [0, 0.05) is 25.0 Å². The largest absolute Gasteiger partial charge is 0.494 e. The molecule has 146 valence electrons. The van der Waals surface area contributed by atoms with Gasteiger partial charge >= 0.3 is 6.18 Å². The number of aromatic nitrogens is 5. The molecular formula is C19H18F3N5O. The number of rotatable bonds is 2. The Bertz CT molecular complexity index is 1090. The molecule has 0 aliphatic rings. The summed E-state index contributed by atoms with van der Waals surface area (Å²) in [5, 5.41) is 8.04. The molecule has 9 heteroatoms. The van der Waals surface area contributed by atoms with Gasteiger partial charge in [0.1, 0.15) is 11.6 Å². The van der Waals surface area contributed by atoms with Gasteiger partial charge in [0.05, 0.1) is 30.1 Å². The van der Waals surface area contributed by atoms with Crippen LogP contribution in [0, 0.1) is 13.8 Å². The van der Waals surface area contributed by atoms with Crippen LogP contribution < -0.4 is 4.74 Å². The molecule has 0 unspecified atom stereocenters. The number of hydrogen-bond donors (Lipinski definition) is 0. The fourth-order valence-electron chi connectivity index (χ4n) is 2.79. The Hall–Kier alpha value is -3.23. The standard InChI is InChI=1S/C19H18F3N5O/c1-11-9-23-6-5-14(11)18-25-12(2)10-24-26-17-15(27(18)3)7-13(19(20,21)22)8-16(17)28-4/h5-10H,1-4H3.